The topological polar surface area (TPSA) is 127 Å². The molecule has 0 aromatic carbocycles. The molecule has 0 spiro atoms. The predicted octanol–water partition coefficient (Wildman–Crippen LogP) is -0.525. The molecule has 9 nitrogen and oxygen atoms in total. The SMILES string of the molecule is CC1(C(=O)Nc2c[nH]c(=O)[nH]c2=O)CC(=O)N=C2C=CC=CN21. The molecule has 0 fully saturated rings. The number of H-pyrrole nitrogens is 2. The Morgan fingerprint density at radius 3 is 2.87 bits per heavy atom. The Morgan fingerprint density at radius 1 is 1.35 bits per heavy atom. The van der Waals surface area contributed by atoms with Crippen LogP contribution in [0.4, 0.5) is 5.69 Å². The van der Waals surface area contributed by atoms with Gasteiger partial charge >= 0.3 is 5.69 Å². The number of aliphatic imine (C=N–C) groups is 1. The lowest BCUT2D eigenvalue weighted by Crippen LogP contribution is -2.58. The molecular weight excluding hydrogens is 302 g/mol. The molecule has 3 rings (SSSR count). The van der Waals surface area contributed by atoms with Gasteiger partial charge in [-0.25, -0.2) is 4.79 Å². The first-order chi connectivity index (χ1) is 10.9. The van der Waals surface area contributed by atoms with E-state index in [4.69, 9.17) is 0 Å². The molecule has 1 unspecified atom stereocenters. The number of allylic oxidation sites excluding steroid dienone is 2. The van der Waals surface area contributed by atoms with Gasteiger partial charge in [0.1, 0.15) is 17.1 Å². The van der Waals surface area contributed by atoms with Gasteiger partial charge in [-0.2, -0.15) is 4.99 Å². The number of amides is 2. The summed E-state index contributed by atoms with van der Waals surface area (Å²) in [6, 6.07) is 0. The van der Waals surface area contributed by atoms with Crippen LogP contribution in [0.1, 0.15) is 13.3 Å². The summed E-state index contributed by atoms with van der Waals surface area (Å²) in [6.45, 7) is 1.58. The van der Waals surface area contributed by atoms with Crippen LogP contribution in [0, 0.1) is 0 Å². The lowest BCUT2D eigenvalue weighted by atomic mass is 9.91. The van der Waals surface area contributed by atoms with Gasteiger partial charge in [0.2, 0.25) is 0 Å². The van der Waals surface area contributed by atoms with Crippen molar-refractivity contribution in [1.82, 2.24) is 14.9 Å². The minimum absolute atomic E-state index is 0.108. The first-order valence-corrected chi connectivity index (χ1v) is 6.79. The highest BCUT2D eigenvalue weighted by Crippen LogP contribution is 2.28. The fraction of sp³-hybridized carbons (Fsp3) is 0.214. The van der Waals surface area contributed by atoms with E-state index in [0.717, 1.165) is 6.20 Å². The van der Waals surface area contributed by atoms with E-state index in [1.54, 1.807) is 36.3 Å². The normalized spacial score (nSPS) is 22.6. The van der Waals surface area contributed by atoms with Crippen LogP contribution in [-0.4, -0.2) is 38.1 Å². The van der Waals surface area contributed by atoms with Crippen molar-refractivity contribution in [3.63, 3.8) is 0 Å². The number of anilines is 1. The van der Waals surface area contributed by atoms with Gasteiger partial charge in [0.15, 0.2) is 0 Å². The minimum Gasteiger partial charge on any atom is -0.318 e. The van der Waals surface area contributed by atoms with Crippen molar-refractivity contribution in [2.24, 2.45) is 4.99 Å². The zero-order chi connectivity index (χ0) is 16.6. The number of aromatic amines is 2. The third kappa shape index (κ3) is 2.52. The predicted molar refractivity (Wildman–Crippen MR) is 81.9 cm³/mol. The summed E-state index contributed by atoms with van der Waals surface area (Å²) < 4.78 is 0. The molecule has 23 heavy (non-hydrogen) atoms. The van der Waals surface area contributed by atoms with Crippen LogP contribution in [0.2, 0.25) is 0 Å². The maximum Gasteiger partial charge on any atom is 0.325 e. The molecule has 0 saturated heterocycles. The van der Waals surface area contributed by atoms with E-state index in [1.807, 2.05) is 4.98 Å². The average Bonchev–Trinajstić information content (AvgIpc) is 2.49. The van der Waals surface area contributed by atoms with E-state index < -0.39 is 28.6 Å². The van der Waals surface area contributed by atoms with Crippen molar-refractivity contribution in [3.05, 3.63) is 51.5 Å². The van der Waals surface area contributed by atoms with Crippen molar-refractivity contribution in [2.75, 3.05) is 5.32 Å². The molecule has 9 heteroatoms. The molecule has 118 valence electrons. The lowest BCUT2D eigenvalue weighted by molar-refractivity contribution is -0.130. The van der Waals surface area contributed by atoms with Crippen LogP contribution in [-0.2, 0) is 9.59 Å². The number of nitrogens with one attached hydrogen (secondary N) is 3. The summed E-state index contributed by atoms with van der Waals surface area (Å²) in [5.74, 6) is -0.628. The molecule has 1 aromatic rings. The Hall–Kier alpha value is -3.23. The van der Waals surface area contributed by atoms with E-state index in [9.17, 15) is 19.2 Å². The molecule has 0 bridgehead atoms. The molecule has 2 aliphatic heterocycles. The number of rotatable bonds is 2. The van der Waals surface area contributed by atoms with Crippen molar-refractivity contribution in [3.8, 4) is 0 Å². The summed E-state index contributed by atoms with van der Waals surface area (Å²) in [7, 11) is 0. The Kier molecular flexibility index (Phi) is 3.32. The van der Waals surface area contributed by atoms with Crippen LogP contribution in [0.3, 0.4) is 0 Å². The Labute approximate surface area is 129 Å². The van der Waals surface area contributed by atoms with Crippen LogP contribution in [0.15, 0.2) is 45.2 Å². The van der Waals surface area contributed by atoms with Gasteiger partial charge in [-0.3, -0.25) is 19.4 Å². The van der Waals surface area contributed by atoms with E-state index >= 15 is 0 Å². The van der Waals surface area contributed by atoms with Crippen molar-refractivity contribution in [2.45, 2.75) is 18.9 Å². The summed E-state index contributed by atoms with van der Waals surface area (Å²) in [6.07, 6.45) is 7.65. The molecule has 1 atom stereocenters. The zero-order valence-corrected chi connectivity index (χ0v) is 12.1. The van der Waals surface area contributed by atoms with Gasteiger partial charge in [-0.05, 0) is 19.1 Å². The van der Waals surface area contributed by atoms with E-state index in [0.29, 0.717) is 5.84 Å². The molecule has 2 amide bonds. The smallest absolute Gasteiger partial charge is 0.318 e. The third-order valence-electron chi connectivity index (χ3n) is 3.66. The Balaban J connectivity index is 1.94. The maximum absolute atomic E-state index is 12.7. The van der Waals surface area contributed by atoms with Crippen molar-refractivity contribution in [1.29, 1.82) is 0 Å². The fourth-order valence-electron chi connectivity index (χ4n) is 2.44. The second-order valence-electron chi connectivity index (χ2n) is 5.32. The molecular formula is C14H13N5O4. The molecule has 0 radical (unpaired) electrons. The number of hydrogen-bond donors (Lipinski definition) is 3. The second kappa shape index (κ2) is 5.20. The van der Waals surface area contributed by atoms with Crippen LogP contribution in [0.5, 0.6) is 0 Å². The highest BCUT2D eigenvalue weighted by Gasteiger charge is 2.45. The molecule has 0 aliphatic carbocycles. The molecule has 2 aliphatic rings. The number of carbonyl (C=O) groups excluding carboxylic acids is 2. The number of fused-ring (bicyclic) bond motifs is 1. The van der Waals surface area contributed by atoms with Crippen LogP contribution in [0.25, 0.3) is 0 Å². The number of carbonyl (C=O) groups is 2. The van der Waals surface area contributed by atoms with Crippen LogP contribution < -0.4 is 16.6 Å². The average molecular weight is 315 g/mol. The zero-order valence-electron chi connectivity index (χ0n) is 12.1. The number of nitrogens with zero attached hydrogens (tertiary/aromatic N) is 2. The largest absolute Gasteiger partial charge is 0.325 e. The molecule has 0 saturated carbocycles. The Morgan fingerprint density at radius 2 is 2.13 bits per heavy atom. The number of amidine groups is 1. The van der Waals surface area contributed by atoms with Crippen molar-refractivity contribution >= 4 is 23.3 Å². The third-order valence-corrected chi connectivity index (χ3v) is 3.66. The fourth-order valence-corrected chi connectivity index (χ4v) is 2.44. The first-order valence-electron chi connectivity index (χ1n) is 6.79. The lowest BCUT2D eigenvalue weighted by Gasteiger charge is -2.41. The minimum atomic E-state index is -1.24. The van der Waals surface area contributed by atoms with Gasteiger partial charge in [0.05, 0.1) is 6.42 Å². The second-order valence-corrected chi connectivity index (χ2v) is 5.32. The van der Waals surface area contributed by atoms with Crippen molar-refractivity contribution < 1.29 is 9.59 Å². The van der Waals surface area contributed by atoms with E-state index in [-0.39, 0.29) is 12.1 Å². The van der Waals surface area contributed by atoms with Gasteiger partial charge in [-0.15, -0.1) is 0 Å². The molecule has 3 N–H and O–H groups in total. The standard InChI is InChI=1S/C14H13N5O4/c1-14(6-10(20)17-9-4-2-3-5-19(9)14)12(22)16-8-7-15-13(23)18-11(8)21/h2-5,7H,6H2,1H3,(H,16,22)(H2,15,18,21,23). The quantitative estimate of drug-likeness (QED) is 0.676. The monoisotopic (exact) mass is 315 g/mol. The van der Waals surface area contributed by atoms with Gasteiger partial charge in [0.25, 0.3) is 17.4 Å². The summed E-state index contributed by atoms with van der Waals surface area (Å²) in [5, 5.41) is 2.44. The summed E-state index contributed by atoms with van der Waals surface area (Å²) in [5.41, 5.74) is -2.75. The van der Waals surface area contributed by atoms with E-state index in [1.165, 1.54) is 0 Å². The van der Waals surface area contributed by atoms with Gasteiger partial charge < -0.3 is 15.2 Å². The molecule has 1 aromatic heterocycles. The summed E-state index contributed by atoms with van der Waals surface area (Å²) in [4.78, 5) is 56.9. The Bertz CT molecular complexity index is 891. The molecule has 3 heterocycles. The van der Waals surface area contributed by atoms with Gasteiger partial charge in [0, 0.05) is 12.4 Å². The number of hydrogen-bond acceptors (Lipinski definition) is 5. The maximum atomic E-state index is 12.7. The highest BCUT2D eigenvalue weighted by molar-refractivity contribution is 6.11. The first kappa shape index (κ1) is 14.7. The number of aromatic nitrogens is 2. The van der Waals surface area contributed by atoms with Crippen LogP contribution >= 0.6 is 0 Å². The summed E-state index contributed by atoms with van der Waals surface area (Å²) >= 11 is 0. The highest BCUT2D eigenvalue weighted by atomic mass is 16.2. The van der Waals surface area contributed by atoms with E-state index in [2.05, 4.69) is 15.3 Å². The van der Waals surface area contributed by atoms with Gasteiger partial charge in [-0.1, -0.05) is 6.08 Å².